The summed E-state index contributed by atoms with van der Waals surface area (Å²) in [7, 11) is 0. The van der Waals surface area contributed by atoms with E-state index in [1.165, 1.54) is 51.4 Å². The number of hydrogen-bond donors (Lipinski definition) is 1. The molecule has 22 heavy (non-hydrogen) atoms. The van der Waals surface area contributed by atoms with Crippen LogP contribution in [0.3, 0.4) is 0 Å². The predicted molar refractivity (Wildman–Crippen MR) is 90.4 cm³/mol. The molecule has 1 aliphatic heterocycles. The monoisotopic (exact) mass is 306 g/mol. The first kappa shape index (κ1) is 16.5. The van der Waals surface area contributed by atoms with Crippen LogP contribution >= 0.6 is 0 Å². The van der Waals surface area contributed by atoms with Crippen molar-refractivity contribution in [3.8, 4) is 0 Å². The average molecular weight is 306 g/mol. The van der Waals surface area contributed by atoms with Gasteiger partial charge in [0, 0.05) is 5.92 Å². The summed E-state index contributed by atoms with van der Waals surface area (Å²) in [5.41, 5.74) is 0. The minimum atomic E-state index is -0.515. The molecule has 0 bridgehead atoms. The fourth-order valence-electron chi connectivity index (χ4n) is 4.79. The van der Waals surface area contributed by atoms with Crippen molar-refractivity contribution in [1.29, 1.82) is 0 Å². The molecule has 0 spiro atoms. The van der Waals surface area contributed by atoms with Gasteiger partial charge in [0.1, 0.15) is 0 Å². The molecular formula is C20H34O2. The first-order valence-corrected chi connectivity index (χ1v) is 9.68. The van der Waals surface area contributed by atoms with Crippen molar-refractivity contribution >= 4 is 0 Å². The summed E-state index contributed by atoms with van der Waals surface area (Å²) in [5, 5.41) is 9.37. The number of aliphatic hydroxyl groups is 1. The summed E-state index contributed by atoms with van der Waals surface area (Å²) in [6.45, 7) is 3.12. The minimum Gasteiger partial charge on any atom is -0.368 e. The van der Waals surface area contributed by atoms with Gasteiger partial charge in [-0.15, -0.1) is 0 Å². The van der Waals surface area contributed by atoms with Crippen LogP contribution in [0.5, 0.6) is 0 Å². The molecule has 0 aromatic heterocycles. The maximum Gasteiger partial charge on any atom is 0.154 e. The first-order valence-electron chi connectivity index (χ1n) is 9.68. The van der Waals surface area contributed by atoms with E-state index in [2.05, 4.69) is 19.1 Å². The number of aliphatic hydroxyl groups excluding tert-OH is 1. The maximum atomic E-state index is 9.37. The van der Waals surface area contributed by atoms with Crippen LogP contribution in [0.1, 0.15) is 71.1 Å². The lowest BCUT2D eigenvalue weighted by atomic mass is 9.69. The van der Waals surface area contributed by atoms with Gasteiger partial charge in [0.15, 0.2) is 6.29 Å². The predicted octanol–water partition coefficient (Wildman–Crippen LogP) is 4.92. The SMILES string of the molecule is CC1CCC(C2CCC(/C=C/C3CCC(O)OC3)CC2)CC1. The molecule has 2 atom stereocenters. The lowest BCUT2D eigenvalue weighted by molar-refractivity contribution is -0.134. The fourth-order valence-corrected chi connectivity index (χ4v) is 4.79. The van der Waals surface area contributed by atoms with Gasteiger partial charge in [-0.2, -0.15) is 0 Å². The van der Waals surface area contributed by atoms with E-state index in [1.807, 2.05) is 0 Å². The number of rotatable bonds is 3. The highest BCUT2D eigenvalue weighted by molar-refractivity contribution is 4.96. The fraction of sp³-hybridized carbons (Fsp3) is 0.900. The molecule has 2 nitrogen and oxygen atoms in total. The van der Waals surface area contributed by atoms with E-state index in [9.17, 15) is 5.11 Å². The third-order valence-electron chi connectivity index (χ3n) is 6.49. The largest absolute Gasteiger partial charge is 0.368 e. The van der Waals surface area contributed by atoms with Crippen molar-refractivity contribution in [2.24, 2.45) is 29.6 Å². The normalized spacial score (nSPS) is 44.3. The van der Waals surface area contributed by atoms with E-state index in [1.54, 1.807) is 0 Å². The van der Waals surface area contributed by atoms with Crippen LogP contribution in [0.15, 0.2) is 12.2 Å². The summed E-state index contributed by atoms with van der Waals surface area (Å²) < 4.78 is 5.34. The molecule has 2 aliphatic carbocycles. The van der Waals surface area contributed by atoms with Gasteiger partial charge in [-0.25, -0.2) is 0 Å². The van der Waals surface area contributed by atoms with E-state index in [4.69, 9.17) is 4.74 Å². The molecule has 3 fully saturated rings. The summed E-state index contributed by atoms with van der Waals surface area (Å²) >= 11 is 0. The van der Waals surface area contributed by atoms with Crippen molar-refractivity contribution in [2.75, 3.05) is 6.61 Å². The zero-order chi connectivity index (χ0) is 15.4. The molecule has 0 radical (unpaired) electrons. The third-order valence-corrected chi connectivity index (χ3v) is 6.49. The van der Waals surface area contributed by atoms with Gasteiger partial charge in [-0.1, -0.05) is 31.9 Å². The maximum absolute atomic E-state index is 9.37. The summed E-state index contributed by atoms with van der Waals surface area (Å²) in [5.74, 6) is 4.36. The van der Waals surface area contributed by atoms with Crippen LogP contribution in [0.4, 0.5) is 0 Å². The minimum absolute atomic E-state index is 0.515. The van der Waals surface area contributed by atoms with Gasteiger partial charge in [0.2, 0.25) is 0 Å². The van der Waals surface area contributed by atoms with Crippen molar-refractivity contribution < 1.29 is 9.84 Å². The Morgan fingerprint density at radius 1 is 0.727 bits per heavy atom. The van der Waals surface area contributed by atoms with E-state index < -0.39 is 6.29 Å². The molecule has 2 saturated carbocycles. The van der Waals surface area contributed by atoms with E-state index >= 15 is 0 Å². The summed E-state index contributed by atoms with van der Waals surface area (Å²) in [4.78, 5) is 0. The molecular weight excluding hydrogens is 272 g/mol. The van der Waals surface area contributed by atoms with Gasteiger partial charge in [0.05, 0.1) is 6.61 Å². The Hall–Kier alpha value is -0.340. The van der Waals surface area contributed by atoms with Gasteiger partial charge in [-0.3, -0.25) is 0 Å². The van der Waals surface area contributed by atoms with Crippen molar-refractivity contribution in [1.82, 2.24) is 0 Å². The molecule has 3 rings (SSSR count). The van der Waals surface area contributed by atoms with Crippen molar-refractivity contribution in [3.63, 3.8) is 0 Å². The first-order chi connectivity index (χ1) is 10.7. The summed E-state index contributed by atoms with van der Waals surface area (Å²) in [6.07, 6.45) is 17.8. The van der Waals surface area contributed by atoms with Crippen LogP contribution in [-0.2, 0) is 4.74 Å². The molecule has 1 saturated heterocycles. The third kappa shape index (κ3) is 4.58. The second kappa shape index (κ2) is 7.97. The standard InChI is InChI=1S/C20H34O2/c1-15-2-9-18(10-3-15)19-11-6-16(7-12-19)4-5-17-8-13-20(21)22-14-17/h4-5,15-21H,2-3,6-14H2,1H3/b5-4+. The Morgan fingerprint density at radius 2 is 1.27 bits per heavy atom. The lowest BCUT2D eigenvalue weighted by Gasteiger charge is -2.36. The molecule has 126 valence electrons. The Kier molecular flexibility index (Phi) is 5.98. The van der Waals surface area contributed by atoms with Crippen LogP contribution < -0.4 is 0 Å². The van der Waals surface area contributed by atoms with Gasteiger partial charge in [0.25, 0.3) is 0 Å². The second-order valence-corrected chi connectivity index (χ2v) is 8.21. The highest BCUT2D eigenvalue weighted by Gasteiger charge is 2.29. The lowest BCUT2D eigenvalue weighted by Crippen LogP contribution is -2.25. The number of ether oxygens (including phenoxy) is 1. The van der Waals surface area contributed by atoms with Gasteiger partial charge >= 0.3 is 0 Å². The molecule has 0 amide bonds. The molecule has 2 heteroatoms. The van der Waals surface area contributed by atoms with Crippen molar-refractivity contribution in [2.45, 2.75) is 77.4 Å². The zero-order valence-corrected chi connectivity index (χ0v) is 14.3. The molecule has 1 heterocycles. The quantitative estimate of drug-likeness (QED) is 0.750. The van der Waals surface area contributed by atoms with Crippen LogP contribution in [-0.4, -0.2) is 18.0 Å². The van der Waals surface area contributed by atoms with Gasteiger partial charge in [-0.05, 0) is 75.0 Å². The molecule has 1 N–H and O–H groups in total. The molecule has 3 aliphatic rings. The van der Waals surface area contributed by atoms with E-state index in [0.717, 1.165) is 36.5 Å². The topological polar surface area (TPSA) is 29.5 Å². The Labute approximate surface area is 136 Å². The number of hydrogen-bond acceptors (Lipinski definition) is 2. The van der Waals surface area contributed by atoms with Gasteiger partial charge < -0.3 is 9.84 Å². The zero-order valence-electron chi connectivity index (χ0n) is 14.3. The molecule has 0 aromatic carbocycles. The highest BCUT2D eigenvalue weighted by Crippen LogP contribution is 2.41. The van der Waals surface area contributed by atoms with Crippen LogP contribution in [0.2, 0.25) is 0 Å². The average Bonchev–Trinajstić information content (AvgIpc) is 2.56. The smallest absolute Gasteiger partial charge is 0.154 e. The Bertz CT molecular complexity index is 341. The number of allylic oxidation sites excluding steroid dienone is 1. The Morgan fingerprint density at radius 3 is 1.86 bits per heavy atom. The van der Waals surface area contributed by atoms with E-state index in [-0.39, 0.29) is 0 Å². The Balaban J connectivity index is 1.38. The molecule has 0 aromatic rings. The highest BCUT2D eigenvalue weighted by atomic mass is 16.6. The van der Waals surface area contributed by atoms with Crippen molar-refractivity contribution in [3.05, 3.63) is 12.2 Å². The van der Waals surface area contributed by atoms with Crippen LogP contribution in [0, 0.1) is 29.6 Å². The second-order valence-electron chi connectivity index (χ2n) is 8.21. The van der Waals surface area contributed by atoms with E-state index in [0.29, 0.717) is 12.5 Å². The van der Waals surface area contributed by atoms with Crippen LogP contribution in [0.25, 0.3) is 0 Å². The molecule has 2 unspecified atom stereocenters. The summed E-state index contributed by atoms with van der Waals surface area (Å²) in [6, 6.07) is 0.